The number of nitrogens with two attached hydrogens (primary N) is 1. The van der Waals surface area contributed by atoms with Gasteiger partial charge < -0.3 is 25.8 Å². The number of ether oxygens (including phenoxy) is 2. The lowest BCUT2D eigenvalue weighted by Gasteiger charge is -2.31. The Hall–Kier alpha value is -1.94. The fourth-order valence-corrected chi connectivity index (χ4v) is 2.92. The molecule has 1 aromatic rings. The summed E-state index contributed by atoms with van der Waals surface area (Å²) in [6, 6.07) is 2.99. The predicted molar refractivity (Wildman–Crippen MR) is 98.9 cm³/mol. The van der Waals surface area contributed by atoms with Crippen LogP contribution in [0.1, 0.15) is 30.6 Å². The van der Waals surface area contributed by atoms with E-state index >= 15 is 0 Å². The van der Waals surface area contributed by atoms with E-state index in [0.29, 0.717) is 28.6 Å². The number of carbonyl (C=O) groups is 1. The van der Waals surface area contributed by atoms with Gasteiger partial charge in [0.2, 0.25) is 0 Å². The Morgan fingerprint density at radius 1 is 1.52 bits per heavy atom. The Labute approximate surface area is 153 Å². The summed E-state index contributed by atoms with van der Waals surface area (Å²) in [5, 5.41) is 6.56. The quantitative estimate of drug-likeness (QED) is 0.547. The molecule has 0 spiro atoms. The maximum Gasteiger partial charge on any atom is 0.255 e. The Kier molecular flexibility index (Phi) is 6.94. The van der Waals surface area contributed by atoms with Crippen LogP contribution in [0, 0.1) is 11.8 Å². The number of piperidine rings is 1. The lowest BCUT2D eigenvalue weighted by molar-refractivity contribution is 0.0475. The highest BCUT2D eigenvalue weighted by atomic mass is 35.5. The number of rotatable bonds is 5. The number of nitrogens with one attached hydrogen (secondary N) is 2. The zero-order valence-electron chi connectivity index (χ0n) is 14.7. The van der Waals surface area contributed by atoms with Crippen molar-refractivity contribution in [1.29, 1.82) is 0 Å². The first-order valence-corrected chi connectivity index (χ1v) is 8.56. The van der Waals surface area contributed by atoms with Gasteiger partial charge in [0.15, 0.2) is 6.10 Å². The molecule has 1 aromatic carbocycles. The number of hydrogen-bond acceptors (Lipinski definition) is 5. The van der Waals surface area contributed by atoms with Crippen LogP contribution in [0.2, 0.25) is 5.02 Å². The van der Waals surface area contributed by atoms with Gasteiger partial charge in [0.1, 0.15) is 5.75 Å². The third-order valence-electron chi connectivity index (χ3n) is 4.04. The first kappa shape index (κ1) is 19.4. The smallest absolute Gasteiger partial charge is 0.255 e. The molecule has 0 saturated carbocycles. The monoisotopic (exact) mass is 365 g/mol. The summed E-state index contributed by atoms with van der Waals surface area (Å²) in [6.45, 7) is 5.04. The van der Waals surface area contributed by atoms with Gasteiger partial charge in [0.25, 0.3) is 5.91 Å². The SMILES string of the molecule is CC#C[C@H](C)Oc1cc(N)c(Cl)cc1C(=O)N[C@@H]1CCNC[C@@H]1OC. The number of hydrogen-bond donors (Lipinski definition) is 3. The zero-order valence-corrected chi connectivity index (χ0v) is 15.4. The van der Waals surface area contributed by atoms with Gasteiger partial charge in [0.05, 0.1) is 28.4 Å². The van der Waals surface area contributed by atoms with Crippen LogP contribution in [0.25, 0.3) is 0 Å². The molecule has 0 aliphatic carbocycles. The number of nitrogen functional groups attached to an aromatic ring is 1. The van der Waals surface area contributed by atoms with Crippen molar-refractivity contribution < 1.29 is 14.3 Å². The van der Waals surface area contributed by atoms with Crippen molar-refractivity contribution in [2.24, 2.45) is 0 Å². The van der Waals surface area contributed by atoms with Gasteiger partial charge in [-0.05, 0) is 32.9 Å². The third-order valence-corrected chi connectivity index (χ3v) is 4.37. The number of methoxy groups -OCH3 is 1. The third kappa shape index (κ3) is 5.02. The standard InChI is InChI=1S/C18H24ClN3O3/c1-4-5-11(2)25-16-9-14(20)13(19)8-12(16)18(23)22-15-6-7-21-10-17(15)24-3/h8-9,11,15,17,21H,6-7,10,20H2,1-3H3,(H,22,23)/t11-,15+,17-/m0/s1. The Morgan fingerprint density at radius 2 is 2.28 bits per heavy atom. The van der Waals surface area contributed by atoms with Gasteiger partial charge in [0, 0.05) is 19.7 Å². The fourth-order valence-electron chi connectivity index (χ4n) is 2.76. The molecule has 7 heteroatoms. The average Bonchev–Trinajstić information content (AvgIpc) is 2.58. The molecule has 4 N–H and O–H groups in total. The molecule has 1 aliphatic heterocycles. The Morgan fingerprint density at radius 3 is 2.96 bits per heavy atom. The zero-order chi connectivity index (χ0) is 18.4. The van der Waals surface area contributed by atoms with Crippen LogP contribution in [0.3, 0.4) is 0 Å². The largest absolute Gasteiger partial charge is 0.477 e. The van der Waals surface area contributed by atoms with E-state index in [2.05, 4.69) is 22.5 Å². The van der Waals surface area contributed by atoms with Crippen LogP contribution in [0.4, 0.5) is 5.69 Å². The molecule has 1 fully saturated rings. The number of amides is 1. The molecule has 1 aliphatic rings. The lowest BCUT2D eigenvalue weighted by Crippen LogP contribution is -2.53. The summed E-state index contributed by atoms with van der Waals surface area (Å²) in [5.74, 6) is 5.75. The molecule has 0 bridgehead atoms. The van der Waals surface area contributed by atoms with E-state index in [1.807, 2.05) is 0 Å². The normalized spacial score (nSPS) is 21.0. The molecule has 1 saturated heterocycles. The van der Waals surface area contributed by atoms with Crippen LogP contribution in [0.15, 0.2) is 12.1 Å². The second-order valence-corrected chi connectivity index (χ2v) is 6.28. The maximum absolute atomic E-state index is 12.8. The van der Waals surface area contributed by atoms with Crippen molar-refractivity contribution in [3.05, 3.63) is 22.7 Å². The van der Waals surface area contributed by atoms with E-state index in [9.17, 15) is 4.79 Å². The number of halogens is 1. The van der Waals surface area contributed by atoms with Crippen molar-refractivity contribution in [3.8, 4) is 17.6 Å². The Bertz CT molecular complexity index is 684. The van der Waals surface area contributed by atoms with E-state index in [1.54, 1.807) is 27.0 Å². The number of benzene rings is 1. The van der Waals surface area contributed by atoms with Gasteiger partial charge in [-0.3, -0.25) is 4.79 Å². The summed E-state index contributed by atoms with van der Waals surface area (Å²) in [4.78, 5) is 12.8. The van der Waals surface area contributed by atoms with Gasteiger partial charge in [-0.1, -0.05) is 17.5 Å². The molecule has 1 heterocycles. The summed E-state index contributed by atoms with van der Waals surface area (Å²) < 4.78 is 11.2. The number of anilines is 1. The molecule has 0 aromatic heterocycles. The maximum atomic E-state index is 12.8. The summed E-state index contributed by atoms with van der Waals surface area (Å²) in [5.41, 5.74) is 6.54. The van der Waals surface area contributed by atoms with E-state index in [0.717, 1.165) is 13.0 Å². The molecular formula is C18H24ClN3O3. The molecular weight excluding hydrogens is 342 g/mol. The first-order chi connectivity index (χ1) is 12.0. The van der Waals surface area contributed by atoms with Crippen LogP contribution in [-0.2, 0) is 4.74 Å². The highest BCUT2D eigenvalue weighted by Crippen LogP contribution is 2.30. The molecule has 136 valence electrons. The van der Waals surface area contributed by atoms with Gasteiger partial charge >= 0.3 is 0 Å². The van der Waals surface area contributed by atoms with Gasteiger partial charge in [-0.15, -0.1) is 5.92 Å². The van der Waals surface area contributed by atoms with E-state index in [1.165, 1.54) is 6.07 Å². The van der Waals surface area contributed by atoms with Crippen LogP contribution >= 0.6 is 11.6 Å². The van der Waals surface area contributed by atoms with E-state index in [4.69, 9.17) is 26.8 Å². The minimum atomic E-state index is -0.372. The van der Waals surface area contributed by atoms with Crippen LogP contribution in [0.5, 0.6) is 5.75 Å². The summed E-state index contributed by atoms with van der Waals surface area (Å²) >= 11 is 6.10. The molecule has 3 atom stereocenters. The predicted octanol–water partition coefficient (Wildman–Crippen LogP) is 1.82. The fraction of sp³-hybridized carbons (Fsp3) is 0.500. The van der Waals surface area contributed by atoms with Crippen LogP contribution in [-0.4, -0.2) is 44.4 Å². The molecule has 2 rings (SSSR count). The lowest BCUT2D eigenvalue weighted by atomic mass is 10.0. The van der Waals surface area contributed by atoms with Crippen molar-refractivity contribution >= 4 is 23.2 Å². The molecule has 6 nitrogen and oxygen atoms in total. The minimum absolute atomic E-state index is 0.0868. The summed E-state index contributed by atoms with van der Waals surface area (Å²) in [6.07, 6.45) is 0.319. The first-order valence-electron chi connectivity index (χ1n) is 8.18. The second-order valence-electron chi connectivity index (χ2n) is 5.87. The second kappa shape index (κ2) is 8.95. The Balaban J connectivity index is 2.24. The van der Waals surface area contributed by atoms with E-state index in [-0.39, 0.29) is 24.2 Å². The topological polar surface area (TPSA) is 85.6 Å². The number of carbonyl (C=O) groups excluding carboxylic acids is 1. The summed E-state index contributed by atoms with van der Waals surface area (Å²) in [7, 11) is 1.64. The average molecular weight is 366 g/mol. The van der Waals surface area contributed by atoms with Gasteiger partial charge in [-0.2, -0.15) is 0 Å². The van der Waals surface area contributed by atoms with Crippen molar-refractivity contribution in [2.45, 2.75) is 38.5 Å². The minimum Gasteiger partial charge on any atom is -0.477 e. The molecule has 0 unspecified atom stereocenters. The van der Waals surface area contributed by atoms with Crippen LogP contribution < -0.4 is 21.1 Å². The molecule has 25 heavy (non-hydrogen) atoms. The highest BCUT2D eigenvalue weighted by molar-refractivity contribution is 6.33. The molecule has 0 radical (unpaired) electrons. The highest BCUT2D eigenvalue weighted by Gasteiger charge is 2.28. The van der Waals surface area contributed by atoms with Crippen molar-refractivity contribution in [3.63, 3.8) is 0 Å². The van der Waals surface area contributed by atoms with Gasteiger partial charge in [-0.25, -0.2) is 0 Å². The van der Waals surface area contributed by atoms with Crippen molar-refractivity contribution in [1.82, 2.24) is 10.6 Å². The molecule has 1 amide bonds. The van der Waals surface area contributed by atoms with E-state index < -0.39 is 0 Å². The van der Waals surface area contributed by atoms with Crippen molar-refractivity contribution in [2.75, 3.05) is 25.9 Å².